The molecule has 4 N–H and O–H groups in total. The fourth-order valence-electron chi connectivity index (χ4n) is 3.04. The van der Waals surface area contributed by atoms with Crippen molar-refractivity contribution in [2.24, 2.45) is 11.8 Å². The molecule has 1 aromatic carbocycles. The Labute approximate surface area is 191 Å². The number of aliphatic hydroxyl groups is 1. The molecule has 1 amide bonds. The Kier molecular flexibility index (Phi) is 8.60. The second-order valence-electron chi connectivity index (χ2n) is 7.77. The first-order valence-electron chi connectivity index (χ1n) is 9.91. The first-order valence-corrected chi connectivity index (χ1v) is 11.8. The molecule has 2 aromatic rings. The summed E-state index contributed by atoms with van der Waals surface area (Å²) < 4.78 is 23.9. The van der Waals surface area contributed by atoms with Crippen LogP contribution in [0.4, 0.5) is 0 Å². The number of fused-ring (bicyclic) bond motifs is 1. The molecule has 1 heterocycles. The van der Waals surface area contributed by atoms with E-state index in [1.165, 1.54) is 12.4 Å². The molecular formula is C22H25N3O7S. The standard InChI is InChI=1S/C21H23N3O5S.CH2O2/c1-21(20(26)23-27,30(2,28)29)9-10-24-13-17-11-15(7-8-19(17)22-24)5-3-4-6-16-12-18(16)14-25;2-1-3/h7-8,11,13,16,18,25,27H,9-10,12,14H2,1-2H3,(H,23,26);1H,(H,2,3)/t16?,18-,21-;/m1./s1. The van der Waals surface area contributed by atoms with Crippen molar-refractivity contribution in [2.75, 3.05) is 12.9 Å². The van der Waals surface area contributed by atoms with Crippen molar-refractivity contribution in [2.45, 2.75) is 31.1 Å². The van der Waals surface area contributed by atoms with Crippen LogP contribution in [-0.4, -0.2) is 63.6 Å². The van der Waals surface area contributed by atoms with Crippen LogP contribution in [0.15, 0.2) is 24.4 Å². The molecule has 0 aliphatic heterocycles. The van der Waals surface area contributed by atoms with Crippen molar-refractivity contribution in [3.8, 4) is 23.7 Å². The van der Waals surface area contributed by atoms with Gasteiger partial charge in [-0.3, -0.25) is 19.5 Å². The van der Waals surface area contributed by atoms with E-state index >= 15 is 0 Å². The van der Waals surface area contributed by atoms with Crippen LogP contribution in [0.2, 0.25) is 0 Å². The molecule has 0 bridgehead atoms. The number of rotatable bonds is 6. The minimum atomic E-state index is -3.76. The molecule has 1 aliphatic carbocycles. The minimum Gasteiger partial charge on any atom is -0.483 e. The van der Waals surface area contributed by atoms with Crippen LogP contribution < -0.4 is 5.48 Å². The monoisotopic (exact) mass is 475 g/mol. The number of aliphatic hydroxyl groups excluding tert-OH is 1. The lowest BCUT2D eigenvalue weighted by molar-refractivity contribution is -0.131. The van der Waals surface area contributed by atoms with Crippen molar-refractivity contribution >= 4 is 33.1 Å². The van der Waals surface area contributed by atoms with E-state index in [0.717, 1.165) is 23.6 Å². The molecule has 1 aromatic heterocycles. The minimum absolute atomic E-state index is 0.0511. The second-order valence-corrected chi connectivity index (χ2v) is 10.2. The zero-order valence-electron chi connectivity index (χ0n) is 18.1. The van der Waals surface area contributed by atoms with Gasteiger partial charge in [0.15, 0.2) is 14.6 Å². The van der Waals surface area contributed by atoms with Gasteiger partial charge in [0.05, 0.1) is 5.52 Å². The number of sulfone groups is 1. The largest absolute Gasteiger partial charge is 0.483 e. The summed E-state index contributed by atoms with van der Waals surface area (Å²) in [6, 6.07) is 5.49. The van der Waals surface area contributed by atoms with E-state index in [-0.39, 0.29) is 37.9 Å². The first kappa shape index (κ1) is 25.9. The Morgan fingerprint density at radius 2 is 2.09 bits per heavy atom. The Balaban J connectivity index is 0.00000122. The topological polar surface area (TPSA) is 159 Å². The highest BCUT2D eigenvalue weighted by molar-refractivity contribution is 7.92. The molecular weight excluding hydrogens is 450 g/mol. The number of hydrogen-bond acceptors (Lipinski definition) is 7. The molecule has 1 unspecified atom stereocenters. The van der Waals surface area contributed by atoms with Gasteiger partial charge >= 0.3 is 0 Å². The van der Waals surface area contributed by atoms with Crippen LogP contribution >= 0.6 is 0 Å². The van der Waals surface area contributed by atoms with Crippen LogP contribution in [-0.2, 0) is 26.0 Å². The van der Waals surface area contributed by atoms with Gasteiger partial charge in [0, 0.05) is 42.5 Å². The van der Waals surface area contributed by atoms with Crippen molar-refractivity contribution in [3.05, 3.63) is 30.0 Å². The Morgan fingerprint density at radius 3 is 2.67 bits per heavy atom. The van der Waals surface area contributed by atoms with Gasteiger partial charge in [-0.2, -0.15) is 5.10 Å². The molecule has 1 saturated carbocycles. The van der Waals surface area contributed by atoms with Crippen LogP contribution in [0.25, 0.3) is 10.9 Å². The van der Waals surface area contributed by atoms with Gasteiger partial charge in [0.1, 0.15) is 0 Å². The summed E-state index contributed by atoms with van der Waals surface area (Å²) in [4.78, 5) is 20.3. The van der Waals surface area contributed by atoms with Crippen molar-refractivity contribution < 1.29 is 33.4 Å². The Morgan fingerprint density at radius 1 is 1.39 bits per heavy atom. The zero-order valence-corrected chi connectivity index (χ0v) is 19.0. The Hall–Kier alpha value is -3.38. The van der Waals surface area contributed by atoms with Crippen LogP contribution in [0.1, 0.15) is 25.3 Å². The summed E-state index contributed by atoms with van der Waals surface area (Å²) in [7, 11) is -3.76. The van der Waals surface area contributed by atoms with Gasteiger partial charge < -0.3 is 10.2 Å². The molecule has 176 valence electrons. The van der Waals surface area contributed by atoms with Gasteiger partial charge in [0.2, 0.25) is 0 Å². The average molecular weight is 476 g/mol. The van der Waals surface area contributed by atoms with E-state index in [0.29, 0.717) is 5.52 Å². The van der Waals surface area contributed by atoms with E-state index in [2.05, 4.69) is 28.8 Å². The van der Waals surface area contributed by atoms with E-state index in [1.54, 1.807) is 10.9 Å². The summed E-state index contributed by atoms with van der Waals surface area (Å²) in [5.74, 6) is 11.2. The maximum atomic E-state index is 12.1. The first-order chi connectivity index (χ1) is 15.6. The van der Waals surface area contributed by atoms with E-state index in [4.69, 9.17) is 20.2 Å². The number of amides is 1. The number of carbonyl (C=O) groups excluding carboxylic acids is 1. The predicted octanol–water partition coefficient (Wildman–Crippen LogP) is 0.419. The number of carbonyl (C=O) groups is 2. The average Bonchev–Trinajstić information content (AvgIpc) is 3.41. The lowest BCUT2D eigenvalue weighted by Crippen LogP contribution is -2.49. The zero-order chi connectivity index (χ0) is 24.6. The molecule has 0 saturated heterocycles. The van der Waals surface area contributed by atoms with Gasteiger partial charge in [-0.25, -0.2) is 13.9 Å². The van der Waals surface area contributed by atoms with Crippen molar-refractivity contribution in [1.29, 1.82) is 0 Å². The smallest absolute Gasteiger partial charge is 0.290 e. The molecule has 11 heteroatoms. The molecule has 1 aliphatic rings. The summed E-state index contributed by atoms with van der Waals surface area (Å²) >= 11 is 0. The summed E-state index contributed by atoms with van der Waals surface area (Å²) in [5.41, 5.74) is 2.92. The van der Waals surface area contributed by atoms with Crippen LogP contribution in [0, 0.1) is 35.5 Å². The third-order valence-electron chi connectivity index (χ3n) is 5.45. The molecule has 33 heavy (non-hydrogen) atoms. The molecule has 0 radical (unpaired) electrons. The molecule has 3 atom stereocenters. The fourth-order valence-corrected chi connectivity index (χ4v) is 3.89. The maximum Gasteiger partial charge on any atom is 0.290 e. The predicted molar refractivity (Wildman–Crippen MR) is 120 cm³/mol. The van der Waals surface area contributed by atoms with Gasteiger partial charge in [-0.1, -0.05) is 11.8 Å². The van der Waals surface area contributed by atoms with Crippen molar-refractivity contribution in [1.82, 2.24) is 15.3 Å². The highest BCUT2D eigenvalue weighted by atomic mass is 32.2. The highest BCUT2D eigenvalue weighted by Crippen LogP contribution is 2.36. The van der Waals surface area contributed by atoms with E-state index in [9.17, 15) is 13.2 Å². The SMILES string of the molecule is C[C@@](CCn1cc2cc(C#CC#CC3C[C@@H]3CO)ccc2n1)(C(=O)NO)S(C)(=O)=O.O=CO. The third-order valence-corrected chi connectivity index (χ3v) is 7.48. The quantitative estimate of drug-likeness (QED) is 0.202. The number of hydrogen-bond donors (Lipinski definition) is 4. The maximum absolute atomic E-state index is 12.1. The van der Waals surface area contributed by atoms with Gasteiger partial charge in [-0.05, 0) is 55.7 Å². The summed E-state index contributed by atoms with van der Waals surface area (Å²) in [6.07, 6.45) is 3.59. The second kappa shape index (κ2) is 11.0. The lowest BCUT2D eigenvalue weighted by atomic mass is 10.1. The summed E-state index contributed by atoms with van der Waals surface area (Å²) in [5, 5.41) is 30.0. The normalized spacial score (nSPS) is 18.3. The molecule has 3 rings (SSSR count). The number of carboxylic acid groups (broad SMARTS) is 1. The number of benzene rings is 1. The lowest BCUT2D eigenvalue weighted by Gasteiger charge is -2.24. The number of aryl methyl sites for hydroxylation is 1. The van der Waals surface area contributed by atoms with Crippen LogP contribution in [0.3, 0.4) is 0 Å². The number of aromatic nitrogens is 2. The molecule has 0 spiro atoms. The van der Waals surface area contributed by atoms with Gasteiger partial charge in [-0.15, -0.1) is 0 Å². The molecule has 10 nitrogen and oxygen atoms in total. The number of nitrogens with zero attached hydrogens (tertiary/aromatic N) is 2. The fraction of sp³-hybridized carbons (Fsp3) is 0.409. The number of hydroxylamine groups is 1. The van der Waals surface area contributed by atoms with Crippen LogP contribution in [0.5, 0.6) is 0 Å². The Bertz CT molecular complexity index is 1250. The van der Waals surface area contributed by atoms with Crippen molar-refractivity contribution in [3.63, 3.8) is 0 Å². The third kappa shape index (κ3) is 6.56. The summed E-state index contributed by atoms with van der Waals surface area (Å²) in [6.45, 7) is 1.36. The van der Waals surface area contributed by atoms with Gasteiger partial charge in [0.25, 0.3) is 12.4 Å². The van der Waals surface area contributed by atoms with E-state index < -0.39 is 20.5 Å². The number of nitrogens with one attached hydrogen (secondary N) is 1. The molecule has 1 fully saturated rings. The van der Waals surface area contributed by atoms with E-state index in [1.807, 2.05) is 18.2 Å². The highest BCUT2D eigenvalue weighted by Gasteiger charge is 2.43.